The Labute approximate surface area is 194 Å². The standard InChI is InChI=1S/C25H20BrFN2O3/c1-16-3-9-21(10-4-16)29-25(30)19(14-28)11-18-12-22(26)24(23(13-18)31-2)32-15-17-5-7-20(27)8-6-17/h3-13H,15H2,1-2H3,(H,29,30)/b19-11-. The van der Waals surface area contributed by atoms with Crippen LogP contribution in [0.25, 0.3) is 6.08 Å². The molecule has 0 spiro atoms. The van der Waals surface area contributed by atoms with Crippen molar-refractivity contribution in [2.45, 2.75) is 13.5 Å². The van der Waals surface area contributed by atoms with Gasteiger partial charge in [0, 0.05) is 5.69 Å². The minimum absolute atomic E-state index is 0.0560. The molecule has 0 saturated heterocycles. The molecule has 0 aliphatic rings. The molecule has 1 N–H and O–H groups in total. The fourth-order valence-electron chi connectivity index (χ4n) is 2.85. The summed E-state index contributed by atoms with van der Waals surface area (Å²) in [6.45, 7) is 2.16. The molecular weight excluding hydrogens is 475 g/mol. The molecule has 0 saturated carbocycles. The number of aryl methyl sites for hydroxylation is 1. The van der Waals surface area contributed by atoms with Gasteiger partial charge in [0.15, 0.2) is 11.5 Å². The Hall–Kier alpha value is -3.63. The molecule has 0 aromatic heterocycles. The van der Waals surface area contributed by atoms with E-state index in [1.807, 2.05) is 25.1 Å². The lowest BCUT2D eigenvalue weighted by molar-refractivity contribution is -0.112. The number of amides is 1. The second-order valence-corrected chi connectivity index (χ2v) is 7.79. The third kappa shape index (κ3) is 5.96. The maximum absolute atomic E-state index is 13.1. The average molecular weight is 495 g/mol. The molecule has 32 heavy (non-hydrogen) atoms. The Bertz CT molecular complexity index is 1180. The topological polar surface area (TPSA) is 71.3 Å². The highest BCUT2D eigenvalue weighted by Gasteiger charge is 2.14. The van der Waals surface area contributed by atoms with Crippen LogP contribution in [0.15, 0.2) is 70.7 Å². The number of nitrogens with one attached hydrogen (secondary N) is 1. The molecule has 3 aromatic carbocycles. The molecule has 3 aromatic rings. The summed E-state index contributed by atoms with van der Waals surface area (Å²) in [4.78, 5) is 12.5. The van der Waals surface area contributed by atoms with Gasteiger partial charge in [-0.25, -0.2) is 4.39 Å². The summed E-state index contributed by atoms with van der Waals surface area (Å²) in [5, 5.41) is 12.2. The highest BCUT2D eigenvalue weighted by molar-refractivity contribution is 9.10. The molecule has 0 heterocycles. The van der Waals surface area contributed by atoms with Gasteiger partial charge in [-0.3, -0.25) is 4.79 Å². The van der Waals surface area contributed by atoms with E-state index in [1.165, 1.54) is 25.3 Å². The highest BCUT2D eigenvalue weighted by atomic mass is 79.9. The van der Waals surface area contributed by atoms with Crippen molar-refractivity contribution in [1.82, 2.24) is 0 Å². The molecule has 0 atom stereocenters. The molecule has 0 aliphatic carbocycles. The Kier molecular flexibility index (Phi) is 7.63. The van der Waals surface area contributed by atoms with E-state index < -0.39 is 5.91 Å². The molecule has 0 unspecified atom stereocenters. The van der Waals surface area contributed by atoms with E-state index in [4.69, 9.17) is 9.47 Å². The summed E-state index contributed by atoms with van der Waals surface area (Å²) in [5.41, 5.74) is 2.99. The summed E-state index contributed by atoms with van der Waals surface area (Å²) in [5.74, 6) is 0.0481. The van der Waals surface area contributed by atoms with Crippen LogP contribution in [-0.4, -0.2) is 13.0 Å². The predicted molar refractivity (Wildman–Crippen MR) is 125 cm³/mol. The van der Waals surface area contributed by atoms with E-state index in [-0.39, 0.29) is 18.0 Å². The van der Waals surface area contributed by atoms with Crippen LogP contribution in [0.3, 0.4) is 0 Å². The van der Waals surface area contributed by atoms with Crippen molar-refractivity contribution in [3.63, 3.8) is 0 Å². The van der Waals surface area contributed by atoms with Crippen molar-refractivity contribution in [2.24, 2.45) is 0 Å². The first-order valence-electron chi connectivity index (χ1n) is 9.64. The maximum atomic E-state index is 13.1. The van der Waals surface area contributed by atoms with Gasteiger partial charge < -0.3 is 14.8 Å². The molecule has 0 aliphatic heterocycles. The summed E-state index contributed by atoms with van der Waals surface area (Å²) >= 11 is 3.46. The Morgan fingerprint density at radius 3 is 2.47 bits per heavy atom. The summed E-state index contributed by atoms with van der Waals surface area (Å²) < 4.78 is 24.9. The van der Waals surface area contributed by atoms with E-state index in [9.17, 15) is 14.4 Å². The van der Waals surface area contributed by atoms with Crippen LogP contribution in [0, 0.1) is 24.1 Å². The van der Waals surface area contributed by atoms with Crippen LogP contribution >= 0.6 is 15.9 Å². The number of carbonyl (C=O) groups excluding carboxylic acids is 1. The van der Waals surface area contributed by atoms with Gasteiger partial charge >= 0.3 is 0 Å². The Morgan fingerprint density at radius 2 is 1.84 bits per heavy atom. The highest BCUT2D eigenvalue weighted by Crippen LogP contribution is 2.37. The van der Waals surface area contributed by atoms with Crippen molar-refractivity contribution in [3.05, 3.63) is 93.2 Å². The molecular formula is C25H20BrFN2O3. The second kappa shape index (κ2) is 10.6. The fourth-order valence-corrected chi connectivity index (χ4v) is 3.42. The quantitative estimate of drug-likeness (QED) is 0.321. The van der Waals surface area contributed by atoms with Gasteiger partial charge in [-0.05, 0) is 76.5 Å². The zero-order valence-electron chi connectivity index (χ0n) is 17.5. The Balaban J connectivity index is 1.80. The number of ether oxygens (including phenoxy) is 2. The molecule has 7 heteroatoms. The van der Waals surface area contributed by atoms with E-state index in [2.05, 4.69) is 21.2 Å². The largest absolute Gasteiger partial charge is 0.493 e. The normalized spacial score (nSPS) is 10.9. The molecule has 1 amide bonds. The fraction of sp³-hybridized carbons (Fsp3) is 0.120. The lowest BCUT2D eigenvalue weighted by Crippen LogP contribution is -2.13. The van der Waals surface area contributed by atoms with Crippen LogP contribution in [-0.2, 0) is 11.4 Å². The minimum atomic E-state index is -0.511. The first kappa shape index (κ1) is 23.0. The first-order chi connectivity index (χ1) is 15.4. The van der Waals surface area contributed by atoms with Crippen molar-refractivity contribution in [3.8, 4) is 17.6 Å². The number of hydrogen-bond donors (Lipinski definition) is 1. The van der Waals surface area contributed by atoms with Crippen LogP contribution in [0.1, 0.15) is 16.7 Å². The lowest BCUT2D eigenvalue weighted by atomic mass is 10.1. The summed E-state index contributed by atoms with van der Waals surface area (Å²) in [6.07, 6.45) is 1.47. The van der Waals surface area contributed by atoms with Gasteiger partial charge in [-0.15, -0.1) is 0 Å². The van der Waals surface area contributed by atoms with E-state index in [1.54, 1.807) is 36.4 Å². The molecule has 0 bridgehead atoms. The number of methoxy groups -OCH3 is 1. The van der Waals surface area contributed by atoms with Crippen LogP contribution in [0.2, 0.25) is 0 Å². The number of halogens is 2. The molecule has 3 rings (SSSR count). The van der Waals surface area contributed by atoms with E-state index in [0.717, 1.165) is 11.1 Å². The summed E-state index contributed by atoms with van der Waals surface area (Å²) in [7, 11) is 1.50. The van der Waals surface area contributed by atoms with Crippen molar-refractivity contribution >= 4 is 33.6 Å². The monoisotopic (exact) mass is 494 g/mol. The zero-order chi connectivity index (χ0) is 23.1. The van der Waals surface area contributed by atoms with Crippen molar-refractivity contribution in [2.75, 3.05) is 12.4 Å². The number of anilines is 1. The number of carbonyl (C=O) groups is 1. The third-order valence-electron chi connectivity index (χ3n) is 4.53. The average Bonchev–Trinajstić information content (AvgIpc) is 2.79. The number of rotatable bonds is 7. The predicted octanol–water partition coefficient (Wildman–Crippen LogP) is 6.03. The van der Waals surface area contributed by atoms with E-state index in [0.29, 0.717) is 27.2 Å². The number of nitrogens with zero attached hydrogens (tertiary/aromatic N) is 1. The van der Waals surface area contributed by atoms with Crippen LogP contribution < -0.4 is 14.8 Å². The van der Waals surface area contributed by atoms with Crippen molar-refractivity contribution in [1.29, 1.82) is 5.26 Å². The molecule has 5 nitrogen and oxygen atoms in total. The van der Waals surface area contributed by atoms with Gasteiger partial charge in [0.2, 0.25) is 0 Å². The molecule has 0 radical (unpaired) electrons. The smallest absolute Gasteiger partial charge is 0.266 e. The van der Waals surface area contributed by atoms with E-state index >= 15 is 0 Å². The van der Waals surface area contributed by atoms with Crippen molar-refractivity contribution < 1.29 is 18.7 Å². The van der Waals surface area contributed by atoms with Gasteiger partial charge in [-0.1, -0.05) is 29.8 Å². The van der Waals surface area contributed by atoms with Gasteiger partial charge in [0.25, 0.3) is 5.91 Å². The second-order valence-electron chi connectivity index (χ2n) is 6.94. The van der Waals surface area contributed by atoms with Crippen LogP contribution in [0.5, 0.6) is 11.5 Å². The third-order valence-corrected chi connectivity index (χ3v) is 5.12. The Morgan fingerprint density at radius 1 is 1.16 bits per heavy atom. The summed E-state index contributed by atoms with van der Waals surface area (Å²) in [6, 6.07) is 18.6. The SMILES string of the molecule is COc1cc(/C=C(/C#N)C(=O)Nc2ccc(C)cc2)cc(Br)c1OCc1ccc(F)cc1. The van der Waals surface area contributed by atoms with Gasteiger partial charge in [-0.2, -0.15) is 5.26 Å². The maximum Gasteiger partial charge on any atom is 0.266 e. The molecule has 0 fully saturated rings. The number of hydrogen-bond acceptors (Lipinski definition) is 4. The number of nitriles is 1. The molecule has 162 valence electrons. The lowest BCUT2D eigenvalue weighted by Gasteiger charge is -2.14. The number of benzene rings is 3. The van der Waals surface area contributed by atoms with Gasteiger partial charge in [0.1, 0.15) is 24.1 Å². The van der Waals surface area contributed by atoms with Gasteiger partial charge in [0.05, 0.1) is 11.6 Å². The minimum Gasteiger partial charge on any atom is -0.493 e. The van der Waals surface area contributed by atoms with Crippen LogP contribution in [0.4, 0.5) is 10.1 Å². The first-order valence-corrected chi connectivity index (χ1v) is 10.4. The zero-order valence-corrected chi connectivity index (χ0v) is 19.1.